The summed E-state index contributed by atoms with van der Waals surface area (Å²) in [4.78, 5) is 43.9. The highest BCUT2D eigenvalue weighted by Crippen LogP contribution is 2.27. The minimum atomic E-state index is -1.06. The second kappa shape index (κ2) is 21.4. The summed E-state index contributed by atoms with van der Waals surface area (Å²) in [5, 5.41) is 11.9. The molecule has 0 aliphatic carbocycles. The number of nitrogens with zero attached hydrogens (tertiary/aromatic N) is 2. The fourth-order valence-electron chi connectivity index (χ4n) is 5.12. The number of nitrogens with two attached hydrogens (primary N) is 1. The highest BCUT2D eigenvalue weighted by molar-refractivity contribution is 5.96. The first kappa shape index (κ1) is 42.4. The molecule has 0 saturated heterocycles. The van der Waals surface area contributed by atoms with Crippen LogP contribution in [0.5, 0.6) is 5.75 Å². The lowest BCUT2D eigenvalue weighted by molar-refractivity contribution is -0.124. The van der Waals surface area contributed by atoms with E-state index in [4.69, 9.17) is 10.5 Å². The fourth-order valence-corrected chi connectivity index (χ4v) is 5.12. The normalized spacial score (nSPS) is 13.7. The van der Waals surface area contributed by atoms with Crippen molar-refractivity contribution in [2.75, 3.05) is 39.1 Å². The Labute approximate surface area is 301 Å². The molecule has 13 heteroatoms. The molecule has 0 fully saturated rings. The standard InChI is InChI=1S/C38H55F2N7O4/c1-9-21-47(7)35(26(6)45-23-25(5)29-16-17-32(51-8)34(40)33(29)39)46-28-14-15-30(27(11-3)22-28)37(49)43-19-20-44-38(50)31(41)13-12-18-42-36(48)24(4)10-2/h9,14-17,21-24,31,35,46H,10-13,18-20,41H2,1-8H3,(H,42,48)(H,43,49)(H,44,50)/b21-9-,25-23+,45-26?. The third kappa shape index (κ3) is 12.8. The summed E-state index contributed by atoms with van der Waals surface area (Å²) >= 11 is 0. The van der Waals surface area contributed by atoms with Crippen molar-refractivity contribution in [2.45, 2.75) is 79.4 Å². The van der Waals surface area contributed by atoms with Crippen LogP contribution >= 0.6 is 0 Å². The van der Waals surface area contributed by atoms with Crippen molar-refractivity contribution in [3.8, 4) is 5.75 Å². The summed E-state index contributed by atoms with van der Waals surface area (Å²) in [6.07, 6.45) is 7.22. The zero-order valence-electron chi connectivity index (χ0n) is 31.2. The minimum Gasteiger partial charge on any atom is -0.494 e. The first-order chi connectivity index (χ1) is 24.3. The van der Waals surface area contributed by atoms with Gasteiger partial charge in [-0.1, -0.05) is 26.8 Å². The molecule has 0 heterocycles. The molecule has 0 radical (unpaired) electrons. The molecule has 6 N–H and O–H groups in total. The quantitative estimate of drug-likeness (QED) is 0.0704. The Bertz CT molecular complexity index is 1580. The first-order valence-electron chi connectivity index (χ1n) is 17.4. The van der Waals surface area contributed by atoms with Gasteiger partial charge in [0.25, 0.3) is 5.91 Å². The van der Waals surface area contributed by atoms with Crippen molar-refractivity contribution in [1.29, 1.82) is 0 Å². The second-order valence-electron chi connectivity index (χ2n) is 12.3. The van der Waals surface area contributed by atoms with Gasteiger partial charge in [0.1, 0.15) is 6.17 Å². The van der Waals surface area contributed by atoms with Crippen LogP contribution in [0.15, 0.2) is 53.8 Å². The number of ether oxygens (including phenoxy) is 1. The summed E-state index contributed by atoms with van der Waals surface area (Å²) in [6.45, 7) is 12.1. The van der Waals surface area contributed by atoms with Crippen molar-refractivity contribution in [3.63, 3.8) is 0 Å². The maximum absolute atomic E-state index is 14.7. The maximum atomic E-state index is 14.7. The van der Waals surface area contributed by atoms with Crippen LogP contribution in [-0.2, 0) is 16.0 Å². The third-order valence-corrected chi connectivity index (χ3v) is 8.47. The van der Waals surface area contributed by atoms with Gasteiger partial charge in [0.2, 0.25) is 17.6 Å². The van der Waals surface area contributed by atoms with Gasteiger partial charge in [0.15, 0.2) is 11.6 Å². The van der Waals surface area contributed by atoms with Crippen LogP contribution in [0.2, 0.25) is 0 Å². The van der Waals surface area contributed by atoms with E-state index in [-0.39, 0.29) is 48.0 Å². The van der Waals surface area contributed by atoms with Gasteiger partial charge in [-0.3, -0.25) is 19.4 Å². The number of allylic oxidation sites excluding steroid dienone is 2. The van der Waals surface area contributed by atoms with Gasteiger partial charge in [-0.2, -0.15) is 4.39 Å². The fraction of sp³-hybridized carbons (Fsp3) is 0.474. The van der Waals surface area contributed by atoms with Gasteiger partial charge in [0, 0.05) is 55.6 Å². The monoisotopic (exact) mass is 711 g/mol. The Morgan fingerprint density at radius 1 is 0.980 bits per heavy atom. The Morgan fingerprint density at radius 2 is 1.65 bits per heavy atom. The molecule has 51 heavy (non-hydrogen) atoms. The van der Waals surface area contributed by atoms with Gasteiger partial charge in [-0.15, -0.1) is 0 Å². The Balaban J connectivity index is 2.04. The SMILES string of the molecule is C/C=C\N(C)C(Nc1ccc(C(=O)NCCNC(=O)C(N)CCCNC(=O)C(C)CC)c(CC)c1)C(C)=N/C=C(\C)c1ccc(OC)c(F)c1F. The molecule has 2 rings (SSSR count). The molecule has 11 nitrogen and oxygen atoms in total. The number of nitrogens with one attached hydrogen (secondary N) is 4. The summed E-state index contributed by atoms with van der Waals surface area (Å²) in [5.74, 6) is -2.87. The lowest BCUT2D eigenvalue weighted by atomic mass is 10.0. The lowest BCUT2D eigenvalue weighted by Crippen LogP contribution is -2.44. The van der Waals surface area contributed by atoms with Crippen molar-refractivity contribution in [3.05, 3.63) is 77.1 Å². The largest absolute Gasteiger partial charge is 0.494 e. The van der Waals surface area contributed by atoms with Crippen molar-refractivity contribution >= 4 is 34.7 Å². The van der Waals surface area contributed by atoms with Crippen LogP contribution in [0.1, 0.15) is 82.3 Å². The molecule has 3 amide bonds. The highest BCUT2D eigenvalue weighted by atomic mass is 19.2. The van der Waals surface area contributed by atoms with Gasteiger partial charge in [-0.05, 0) is 94.1 Å². The van der Waals surface area contributed by atoms with E-state index in [1.54, 1.807) is 19.1 Å². The number of carbonyl (C=O) groups excluding carboxylic acids is 3. The first-order valence-corrected chi connectivity index (χ1v) is 17.4. The van der Waals surface area contributed by atoms with Crippen LogP contribution in [0.4, 0.5) is 14.5 Å². The number of halogens is 2. The van der Waals surface area contributed by atoms with E-state index in [2.05, 4.69) is 26.3 Å². The second-order valence-corrected chi connectivity index (χ2v) is 12.3. The number of rotatable bonds is 20. The van der Waals surface area contributed by atoms with E-state index < -0.39 is 23.8 Å². The van der Waals surface area contributed by atoms with E-state index in [0.29, 0.717) is 42.7 Å². The van der Waals surface area contributed by atoms with E-state index in [9.17, 15) is 23.2 Å². The van der Waals surface area contributed by atoms with Crippen molar-refractivity contribution in [2.24, 2.45) is 16.6 Å². The lowest BCUT2D eigenvalue weighted by Gasteiger charge is -2.29. The summed E-state index contributed by atoms with van der Waals surface area (Å²) in [7, 11) is 3.16. The topological polar surface area (TPSA) is 150 Å². The van der Waals surface area contributed by atoms with Gasteiger partial charge in [0.05, 0.1) is 18.9 Å². The molecular formula is C38H55F2N7O4. The summed E-state index contributed by atoms with van der Waals surface area (Å²) < 4.78 is 33.8. The number of hydrogen-bond acceptors (Lipinski definition) is 8. The number of amides is 3. The zero-order chi connectivity index (χ0) is 38.1. The third-order valence-electron chi connectivity index (χ3n) is 8.47. The van der Waals surface area contributed by atoms with Crippen LogP contribution < -0.4 is 31.7 Å². The highest BCUT2D eigenvalue weighted by Gasteiger charge is 2.19. The molecule has 0 aromatic heterocycles. The van der Waals surface area contributed by atoms with Crippen molar-refractivity contribution in [1.82, 2.24) is 20.9 Å². The summed E-state index contributed by atoms with van der Waals surface area (Å²) in [6, 6.07) is 7.57. The minimum absolute atomic E-state index is 0.00507. The number of hydrogen-bond donors (Lipinski definition) is 5. The van der Waals surface area contributed by atoms with Crippen LogP contribution in [0.3, 0.4) is 0 Å². The van der Waals surface area contributed by atoms with Gasteiger partial charge in [-0.25, -0.2) is 4.39 Å². The average Bonchev–Trinajstić information content (AvgIpc) is 3.13. The van der Waals surface area contributed by atoms with Gasteiger partial charge >= 0.3 is 0 Å². The number of methoxy groups -OCH3 is 1. The molecule has 0 saturated carbocycles. The Kier molecular flexibility index (Phi) is 17.8. The molecule has 3 atom stereocenters. The zero-order valence-corrected chi connectivity index (χ0v) is 31.2. The number of carbonyl (C=O) groups is 3. The van der Waals surface area contributed by atoms with Crippen molar-refractivity contribution < 1.29 is 27.9 Å². The average molecular weight is 712 g/mol. The van der Waals surface area contributed by atoms with Crippen LogP contribution in [0, 0.1) is 17.6 Å². The van der Waals surface area contributed by atoms with E-state index in [1.807, 2.05) is 64.9 Å². The number of benzene rings is 2. The van der Waals surface area contributed by atoms with E-state index in [0.717, 1.165) is 17.7 Å². The molecule has 0 aliphatic heterocycles. The Morgan fingerprint density at radius 3 is 2.29 bits per heavy atom. The number of aryl methyl sites for hydroxylation is 1. The number of aliphatic imine (C=N–C) groups is 1. The summed E-state index contributed by atoms with van der Waals surface area (Å²) in [5.41, 5.74) is 9.26. The predicted octanol–water partition coefficient (Wildman–Crippen LogP) is 5.38. The Hall–Kier alpha value is -4.78. The molecule has 2 aromatic carbocycles. The molecule has 0 bridgehead atoms. The smallest absolute Gasteiger partial charge is 0.251 e. The molecule has 0 aliphatic rings. The maximum Gasteiger partial charge on any atom is 0.251 e. The molecule has 280 valence electrons. The molecule has 0 spiro atoms. The van der Waals surface area contributed by atoms with Crippen LogP contribution in [0.25, 0.3) is 5.57 Å². The molecule has 2 aromatic rings. The van der Waals surface area contributed by atoms with Gasteiger partial charge < -0.3 is 36.6 Å². The van der Waals surface area contributed by atoms with Crippen LogP contribution in [-0.4, -0.2) is 74.3 Å². The predicted molar refractivity (Wildman–Crippen MR) is 200 cm³/mol. The van der Waals surface area contributed by atoms with E-state index >= 15 is 0 Å². The van der Waals surface area contributed by atoms with E-state index in [1.165, 1.54) is 25.4 Å². The number of anilines is 1. The molecular weight excluding hydrogens is 656 g/mol. The molecule has 3 unspecified atom stereocenters.